The predicted octanol–water partition coefficient (Wildman–Crippen LogP) is 1.62. The lowest BCUT2D eigenvalue weighted by Gasteiger charge is -2.14. The van der Waals surface area contributed by atoms with Gasteiger partial charge in [-0.15, -0.1) is 0 Å². The molecule has 0 saturated heterocycles. The summed E-state index contributed by atoms with van der Waals surface area (Å²) >= 11 is 0. The monoisotopic (exact) mass is 304 g/mol. The van der Waals surface area contributed by atoms with E-state index < -0.39 is 12.0 Å². The van der Waals surface area contributed by atoms with Gasteiger partial charge in [0.15, 0.2) is 0 Å². The topological polar surface area (TPSA) is 91.4 Å². The van der Waals surface area contributed by atoms with Crippen LogP contribution in [0, 0.1) is 6.92 Å². The van der Waals surface area contributed by atoms with Crippen LogP contribution in [-0.2, 0) is 20.7 Å². The quantitative estimate of drug-likeness (QED) is 0.725. The number of amides is 1. The van der Waals surface area contributed by atoms with E-state index in [9.17, 15) is 9.59 Å². The molecular weight excluding hydrogens is 284 g/mol. The summed E-state index contributed by atoms with van der Waals surface area (Å²) in [6.45, 7) is 2.19. The molecule has 118 valence electrons. The lowest BCUT2D eigenvalue weighted by atomic mass is 10.1. The van der Waals surface area contributed by atoms with Crippen LogP contribution in [0.3, 0.4) is 0 Å². The fourth-order valence-corrected chi connectivity index (χ4v) is 2.46. The number of aliphatic carboxylic acids is 1. The van der Waals surface area contributed by atoms with E-state index in [-0.39, 0.29) is 25.4 Å². The molecule has 1 heterocycles. The van der Waals surface area contributed by atoms with Crippen molar-refractivity contribution in [2.45, 2.75) is 25.8 Å². The highest BCUT2D eigenvalue weighted by molar-refractivity contribution is 5.91. The second-order valence-corrected chi connectivity index (χ2v) is 5.19. The van der Waals surface area contributed by atoms with Gasteiger partial charge in [0.25, 0.3) is 0 Å². The minimum Gasteiger partial charge on any atom is -0.480 e. The molecule has 0 aliphatic carbocycles. The highest BCUT2D eigenvalue weighted by Gasteiger charge is 2.20. The highest BCUT2D eigenvalue weighted by atomic mass is 16.5. The number of carboxylic acid groups (broad SMARTS) is 1. The molecule has 2 rings (SSSR count). The third-order valence-corrected chi connectivity index (χ3v) is 3.61. The zero-order valence-electron chi connectivity index (χ0n) is 12.7. The summed E-state index contributed by atoms with van der Waals surface area (Å²) in [5, 5.41) is 12.7. The first kappa shape index (κ1) is 16.0. The number of ether oxygens (including phenoxy) is 1. The maximum Gasteiger partial charge on any atom is 0.326 e. The van der Waals surface area contributed by atoms with Crippen LogP contribution in [0.15, 0.2) is 24.3 Å². The number of carbonyl (C=O) groups excluding carboxylic acids is 1. The average molecular weight is 304 g/mol. The van der Waals surface area contributed by atoms with Crippen LogP contribution < -0.4 is 5.32 Å². The van der Waals surface area contributed by atoms with E-state index in [2.05, 4.69) is 10.3 Å². The van der Waals surface area contributed by atoms with Gasteiger partial charge >= 0.3 is 5.97 Å². The Bertz CT molecular complexity index is 678. The molecule has 0 aliphatic rings. The van der Waals surface area contributed by atoms with E-state index >= 15 is 0 Å². The van der Waals surface area contributed by atoms with E-state index in [4.69, 9.17) is 9.84 Å². The van der Waals surface area contributed by atoms with Crippen molar-refractivity contribution in [1.82, 2.24) is 10.3 Å². The molecule has 0 fully saturated rings. The van der Waals surface area contributed by atoms with E-state index in [1.165, 1.54) is 7.11 Å². The third kappa shape index (κ3) is 3.65. The number of carbonyl (C=O) groups is 2. The molecule has 0 saturated carbocycles. The average Bonchev–Trinajstić information content (AvgIpc) is 2.79. The number of aromatic nitrogens is 1. The molecular formula is C16H20N2O4. The molecule has 2 aromatic rings. The van der Waals surface area contributed by atoms with Gasteiger partial charge in [-0.3, -0.25) is 4.79 Å². The SMILES string of the molecule is COCCC(NC(=O)Cc1c(C)[nH]c2ccccc12)C(=O)O. The van der Waals surface area contributed by atoms with Crippen LogP contribution >= 0.6 is 0 Å². The number of methoxy groups -OCH3 is 1. The number of para-hydroxylation sites is 1. The maximum absolute atomic E-state index is 12.2. The molecule has 0 radical (unpaired) electrons. The molecule has 22 heavy (non-hydrogen) atoms. The van der Waals surface area contributed by atoms with Crippen molar-refractivity contribution in [2.75, 3.05) is 13.7 Å². The number of hydrogen-bond donors (Lipinski definition) is 3. The first-order chi connectivity index (χ1) is 10.5. The van der Waals surface area contributed by atoms with E-state index in [0.717, 1.165) is 22.2 Å². The van der Waals surface area contributed by atoms with Crippen LogP contribution in [0.25, 0.3) is 10.9 Å². The van der Waals surface area contributed by atoms with Gasteiger partial charge in [0.05, 0.1) is 6.42 Å². The van der Waals surface area contributed by atoms with E-state index in [1.54, 1.807) is 0 Å². The minimum absolute atomic E-state index is 0.145. The molecule has 3 N–H and O–H groups in total. The summed E-state index contributed by atoms with van der Waals surface area (Å²) < 4.78 is 4.87. The summed E-state index contributed by atoms with van der Waals surface area (Å²) in [5.41, 5.74) is 2.78. The molecule has 0 spiro atoms. The van der Waals surface area contributed by atoms with Crippen LogP contribution in [0.2, 0.25) is 0 Å². The minimum atomic E-state index is -1.05. The Morgan fingerprint density at radius 2 is 2.09 bits per heavy atom. The zero-order chi connectivity index (χ0) is 16.1. The summed E-state index contributed by atoms with van der Waals surface area (Å²) in [6, 6.07) is 6.80. The first-order valence-electron chi connectivity index (χ1n) is 7.10. The number of hydrogen-bond acceptors (Lipinski definition) is 3. The fraction of sp³-hybridized carbons (Fsp3) is 0.375. The van der Waals surface area contributed by atoms with Crippen molar-refractivity contribution in [3.8, 4) is 0 Å². The zero-order valence-corrected chi connectivity index (χ0v) is 12.7. The van der Waals surface area contributed by atoms with Crippen LogP contribution in [0.4, 0.5) is 0 Å². The fourth-order valence-electron chi connectivity index (χ4n) is 2.46. The van der Waals surface area contributed by atoms with Gasteiger partial charge < -0.3 is 20.1 Å². The Hall–Kier alpha value is -2.34. The smallest absolute Gasteiger partial charge is 0.326 e. The van der Waals surface area contributed by atoms with Crippen molar-refractivity contribution in [3.63, 3.8) is 0 Å². The van der Waals surface area contributed by atoms with Gasteiger partial charge in [0.2, 0.25) is 5.91 Å². The normalized spacial score (nSPS) is 12.3. The van der Waals surface area contributed by atoms with Crippen molar-refractivity contribution in [3.05, 3.63) is 35.5 Å². The van der Waals surface area contributed by atoms with Crippen LogP contribution in [0.1, 0.15) is 17.7 Å². The maximum atomic E-state index is 12.2. The Balaban J connectivity index is 2.10. The van der Waals surface area contributed by atoms with Crippen molar-refractivity contribution in [2.24, 2.45) is 0 Å². The van der Waals surface area contributed by atoms with Crippen molar-refractivity contribution >= 4 is 22.8 Å². The standard InChI is InChI=1S/C16H20N2O4/c1-10-12(11-5-3-4-6-13(11)17-10)9-15(19)18-14(16(20)21)7-8-22-2/h3-6,14,17H,7-9H2,1-2H3,(H,18,19)(H,20,21). The van der Waals surface area contributed by atoms with E-state index in [0.29, 0.717) is 0 Å². The number of rotatable bonds is 7. The number of nitrogens with one attached hydrogen (secondary N) is 2. The van der Waals surface area contributed by atoms with Gasteiger partial charge in [0, 0.05) is 36.7 Å². The van der Waals surface area contributed by atoms with Gasteiger partial charge in [-0.25, -0.2) is 4.79 Å². The Morgan fingerprint density at radius 1 is 1.36 bits per heavy atom. The number of aromatic amines is 1. The van der Waals surface area contributed by atoms with Crippen molar-refractivity contribution < 1.29 is 19.4 Å². The molecule has 1 aromatic heterocycles. The third-order valence-electron chi connectivity index (χ3n) is 3.61. The summed E-state index contributed by atoms with van der Waals surface area (Å²) in [7, 11) is 1.50. The number of fused-ring (bicyclic) bond motifs is 1. The van der Waals surface area contributed by atoms with Gasteiger partial charge in [-0.05, 0) is 18.6 Å². The number of carboxylic acids is 1. The number of benzene rings is 1. The largest absolute Gasteiger partial charge is 0.480 e. The number of aryl methyl sites for hydroxylation is 1. The lowest BCUT2D eigenvalue weighted by Crippen LogP contribution is -2.42. The van der Waals surface area contributed by atoms with Crippen LogP contribution in [0.5, 0.6) is 0 Å². The Kier molecular flexibility index (Phi) is 5.16. The van der Waals surface area contributed by atoms with Crippen molar-refractivity contribution in [1.29, 1.82) is 0 Å². The van der Waals surface area contributed by atoms with Gasteiger partial charge in [0.1, 0.15) is 6.04 Å². The molecule has 1 atom stereocenters. The lowest BCUT2D eigenvalue weighted by molar-refractivity contribution is -0.142. The molecule has 0 bridgehead atoms. The molecule has 0 aliphatic heterocycles. The summed E-state index contributed by atoms with van der Waals surface area (Å²) in [5.74, 6) is -1.36. The Labute approximate surface area is 128 Å². The predicted molar refractivity (Wildman–Crippen MR) is 82.8 cm³/mol. The summed E-state index contributed by atoms with van der Waals surface area (Å²) in [6.07, 6.45) is 0.386. The molecule has 6 nitrogen and oxygen atoms in total. The van der Waals surface area contributed by atoms with Gasteiger partial charge in [-0.1, -0.05) is 18.2 Å². The van der Waals surface area contributed by atoms with Gasteiger partial charge in [-0.2, -0.15) is 0 Å². The molecule has 1 unspecified atom stereocenters. The second kappa shape index (κ2) is 7.09. The van der Waals surface area contributed by atoms with E-state index in [1.807, 2.05) is 31.2 Å². The second-order valence-electron chi connectivity index (χ2n) is 5.19. The molecule has 1 amide bonds. The Morgan fingerprint density at radius 3 is 2.77 bits per heavy atom. The molecule has 1 aromatic carbocycles. The van der Waals surface area contributed by atoms with Crippen LogP contribution in [-0.4, -0.2) is 41.7 Å². The number of H-pyrrole nitrogens is 1. The molecule has 6 heteroatoms. The highest BCUT2D eigenvalue weighted by Crippen LogP contribution is 2.22. The first-order valence-corrected chi connectivity index (χ1v) is 7.10. The summed E-state index contributed by atoms with van der Waals surface area (Å²) in [4.78, 5) is 26.5.